The van der Waals surface area contributed by atoms with Crippen molar-refractivity contribution in [3.05, 3.63) is 35.9 Å². The van der Waals surface area contributed by atoms with Gasteiger partial charge >= 0.3 is 6.03 Å². The van der Waals surface area contributed by atoms with Gasteiger partial charge in [0.1, 0.15) is 0 Å². The molecule has 4 heteroatoms. The summed E-state index contributed by atoms with van der Waals surface area (Å²) in [5.41, 5.74) is 1.11. The molecule has 98 valence electrons. The number of rotatable bonds is 3. The molecule has 1 aliphatic heterocycles. The van der Waals surface area contributed by atoms with Crippen LogP contribution in [0.25, 0.3) is 0 Å². The molecule has 2 amide bonds. The molecule has 1 aromatic rings. The molecule has 1 aliphatic rings. The van der Waals surface area contributed by atoms with Crippen LogP contribution in [0.5, 0.6) is 0 Å². The van der Waals surface area contributed by atoms with Crippen LogP contribution in [0.4, 0.5) is 4.79 Å². The van der Waals surface area contributed by atoms with E-state index >= 15 is 0 Å². The zero-order valence-corrected chi connectivity index (χ0v) is 10.8. The van der Waals surface area contributed by atoms with E-state index in [2.05, 4.69) is 22.9 Å². The van der Waals surface area contributed by atoms with E-state index in [1.165, 1.54) is 0 Å². The molecule has 0 radical (unpaired) electrons. The first-order valence-corrected chi connectivity index (χ1v) is 6.54. The second-order valence-electron chi connectivity index (χ2n) is 4.89. The Bertz CT molecular complexity index is 380. The Labute approximate surface area is 108 Å². The monoisotopic (exact) mass is 247 g/mol. The maximum Gasteiger partial charge on any atom is 0.315 e. The Hall–Kier alpha value is -1.55. The third-order valence-corrected chi connectivity index (χ3v) is 3.44. The number of benzene rings is 1. The first-order valence-electron chi connectivity index (χ1n) is 6.54. The molecule has 0 aliphatic carbocycles. The van der Waals surface area contributed by atoms with Crippen LogP contribution in [-0.4, -0.2) is 25.2 Å². The Morgan fingerprint density at radius 3 is 2.89 bits per heavy atom. The summed E-state index contributed by atoms with van der Waals surface area (Å²) in [7, 11) is 0. The van der Waals surface area contributed by atoms with E-state index in [1.807, 2.05) is 30.3 Å². The summed E-state index contributed by atoms with van der Waals surface area (Å²) in [4.78, 5) is 11.8. The molecular formula is C14H21N3O. The lowest BCUT2D eigenvalue weighted by Crippen LogP contribution is -2.52. The van der Waals surface area contributed by atoms with Crippen LogP contribution >= 0.6 is 0 Å². The van der Waals surface area contributed by atoms with E-state index in [0.717, 1.165) is 25.1 Å². The van der Waals surface area contributed by atoms with Crippen molar-refractivity contribution in [3.63, 3.8) is 0 Å². The summed E-state index contributed by atoms with van der Waals surface area (Å²) < 4.78 is 0. The number of piperidine rings is 1. The number of hydrogen-bond donors (Lipinski definition) is 3. The van der Waals surface area contributed by atoms with E-state index < -0.39 is 0 Å². The Kier molecular flexibility index (Phi) is 4.59. The molecule has 2 rings (SSSR count). The highest BCUT2D eigenvalue weighted by atomic mass is 16.2. The molecule has 1 fully saturated rings. The Balaban J connectivity index is 1.75. The second kappa shape index (κ2) is 6.40. The van der Waals surface area contributed by atoms with Gasteiger partial charge in [-0.1, -0.05) is 37.3 Å². The van der Waals surface area contributed by atoms with Crippen molar-refractivity contribution in [1.82, 2.24) is 16.0 Å². The molecule has 1 aromatic carbocycles. The number of amides is 2. The smallest absolute Gasteiger partial charge is 0.315 e. The summed E-state index contributed by atoms with van der Waals surface area (Å²) >= 11 is 0. The van der Waals surface area contributed by atoms with Crippen LogP contribution in [-0.2, 0) is 6.54 Å². The quantitative estimate of drug-likeness (QED) is 0.758. The van der Waals surface area contributed by atoms with Gasteiger partial charge in [-0.25, -0.2) is 4.79 Å². The zero-order chi connectivity index (χ0) is 12.8. The number of carbonyl (C=O) groups is 1. The molecule has 4 nitrogen and oxygen atoms in total. The predicted molar refractivity (Wildman–Crippen MR) is 72.3 cm³/mol. The van der Waals surface area contributed by atoms with Crippen molar-refractivity contribution < 1.29 is 4.79 Å². The SMILES string of the molecule is CC1CCNCC1NC(=O)NCc1ccccc1. The van der Waals surface area contributed by atoms with Gasteiger partial charge in [0.05, 0.1) is 0 Å². The Morgan fingerprint density at radius 1 is 1.39 bits per heavy atom. The Morgan fingerprint density at radius 2 is 2.17 bits per heavy atom. The van der Waals surface area contributed by atoms with Gasteiger partial charge in [0, 0.05) is 19.1 Å². The fraction of sp³-hybridized carbons (Fsp3) is 0.500. The molecule has 2 unspecified atom stereocenters. The number of nitrogens with one attached hydrogen (secondary N) is 3. The van der Waals surface area contributed by atoms with Crippen molar-refractivity contribution in [2.24, 2.45) is 5.92 Å². The highest BCUT2D eigenvalue weighted by Gasteiger charge is 2.22. The molecule has 0 spiro atoms. The lowest BCUT2D eigenvalue weighted by Gasteiger charge is -2.30. The van der Waals surface area contributed by atoms with E-state index in [-0.39, 0.29) is 12.1 Å². The average molecular weight is 247 g/mol. The van der Waals surface area contributed by atoms with Gasteiger partial charge in [0.2, 0.25) is 0 Å². The zero-order valence-electron chi connectivity index (χ0n) is 10.8. The topological polar surface area (TPSA) is 53.2 Å². The van der Waals surface area contributed by atoms with Crippen LogP contribution in [0.1, 0.15) is 18.9 Å². The van der Waals surface area contributed by atoms with Crippen molar-refractivity contribution in [2.45, 2.75) is 25.9 Å². The van der Waals surface area contributed by atoms with Crippen molar-refractivity contribution in [2.75, 3.05) is 13.1 Å². The first kappa shape index (κ1) is 12.9. The summed E-state index contributed by atoms with van der Waals surface area (Å²) in [6.45, 7) is 4.66. The van der Waals surface area contributed by atoms with E-state index in [1.54, 1.807) is 0 Å². The third kappa shape index (κ3) is 3.74. The van der Waals surface area contributed by atoms with E-state index in [9.17, 15) is 4.79 Å². The summed E-state index contributed by atoms with van der Waals surface area (Å²) in [5, 5.41) is 9.22. The highest BCUT2D eigenvalue weighted by molar-refractivity contribution is 5.74. The fourth-order valence-electron chi connectivity index (χ4n) is 2.18. The average Bonchev–Trinajstić information content (AvgIpc) is 2.40. The number of urea groups is 1. The van der Waals surface area contributed by atoms with Crippen LogP contribution in [0.3, 0.4) is 0 Å². The summed E-state index contributed by atoms with van der Waals surface area (Å²) in [6.07, 6.45) is 1.11. The van der Waals surface area contributed by atoms with Crippen LogP contribution in [0.15, 0.2) is 30.3 Å². The standard InChI is InChI=1S/C14H21N3O/c1-11-7-8-15-10-13(11)17-14(18)16-9-12-5-3-2-4-6-12/h2-6,11,13,15H,7-10H2,1H3,(H2,16,17,18). The van der Waals surface area contributed by atoms with Crippen LogP contribution in [0.2, 0.25) is 0 Å². The minimum atomic E-state index is -0.0839. The van der Waals surface area contributed by atoms with Crippen LogP contribution < -0.4 is 16.0 Å². The van der Waals surface area contributed by atoms with E-state index in [4.69, 9.17) is 0 Å². The maximum absolute atomic E-state index is 11.8. The van der Waals surface area contributed by atoms with Gasteiger partial charge in [-0.3, -0.25) is 0 Å². The lowest BCUT2D eigenvalue weighted by atomic mass is 9.95. The van der Waals surface area contributed by atoms with Crippen LogP contribution in [0, 0.1) is 5.92 Å². The van der Waals surface area contributed by atoms with Gasteiger partial charge < -0.3 is 16.0 Å². The normalized spacial score (nSPS) is 23.4. The van der Waals surface area contributed by atoms with Crippen molar-refractivity contribution in [1.29, 1.82) is 0 Å². The first-order chi connectivity index (χ1) is 8.75. The summed E-state index contributed by atoms with van der Waals surface area (Å²) in [5.74, 6) is 0.536. The second-order valence-corrected chi connectivity index (χ2v) is 4.89. The molecule has 3 N–H and O–H groups in total. The maximum atomic E-state index is 11.8. The third-order valence-electron chi connectivity index (χ3n) is 3.44. The largest absolute Gasteiger partial charge is 0.334 e. The number of hydrogen-bond acceptors (Lipinski definition) is 2. The molecule has 1 heterocycles. The van der Waals surface area contributed by atoms with Gasteiger partial charge in [-0.05, 0) is 24.4 Å². The highest BCUT2D eigenvalue weighted by Crippen LogP contribution is 2.10. The number of carbonyl (C=O) groups excluding carboxylic acids is 1. The molecule has 18 heavy (non-hydrogen) atoms. The molecule has 0 saturated carbocycles. The fourth-order valence-corrected chi connectivity index (χ4v) is 2.18. The van der Waals surface area contributed by atoms with Crippen molar-refractivity contribution in [3.8, 4) is 0 Å². The lowest BCUT2D eigenvalue weighted by molar-refractivity contribution is 0.224. The predicted octanol–water partition coefficient (Wildman–Crippen LogP) is 1.48. The molecule has 1 saturated heterocycles. The van der Waals surface area contributed by atoms with Crippen molar-refractivity contribution >= 4 is 6.03 Å². The molecule has 2 atom stereocenters. The molecular weight excluding hydrogens is 226 g/mol. The summed E-state index contributed by atoms with van der Waals surface area (Å²) in [6, 6.07) is 10.1. The minimum Gasteiger partial charge on any atom is -0.334 e. The van der Waals surface area contributed by atoms with E-state index in [0.29, 0.717) is 12.5 Å². The molecule has 0 aromatic heterocycles. The minimum absolute atomic E-state index is 0.0839. The van der Waals surface area contributed by atoms with Gasteiger partial charge in [0.15, 0.2) is 0 Å². The van der Waals surface area contributed by atoms with Gasteiger partial charge in [0.25, 0.3) is 0 Å². The van der Waals surface area contributed by atoms with Gasteiger partial charge in [-0.15, -0.1) is 0 Å². The molecule has 0 bridgehead atoms. The van der Waals surface area contributed by atoms with Gasteiger partial charge in [-0.2, -0.15) is 0 Å².